The molecule has 0 radical (unpaired) electrons. The van der Waals surface area contributed by atoms with Crippen molar-refractivity contribution in [3.8, 4) is 5.88 Å². The zero-order valence-corrected chi connectivity index (χ0v) is 17.3. The van der Waals surface area contributed by atoms with Gasteiger partial charge in [0.15, 0.2) is 5.78 Å². The monoisotopic (exact) mass is 430 g/mol. The minimum absolute atomic E-state index is 0.149. The summed E-state index contributed by atoms with van der Waals surface area (Å²) >= 11 is 0. The van der Waals surface area contributed by atoms with Crippen molar-refractivity contribution < 1.29 is 37.0 Å². The van der Waals surface area contributed by atoms with Crippen LogP contribution in [0.3, 0.4) is 0 Å². The smallest absolute Gasteiger partial charge is 0.417 e. The number of hydrogen-bond acceptors (Lipinski definition) is 6. The Morgan fingerprint density at radius 2 is 1.77 bits per heavy atom. The molecule has 2 aliphatic rings. The second-order valence-electron chi connectivity index (χ2n) is 8.54. The molecule has 7 nitrogen and oxygen atoms in total. The number of aromatic nitrogens is 1. The fourth-order valence-electron chi connectivity index (χ4n) is 3.91. The number of alkyl halides is 3. The average molecular weight is 430 g/mol. The fraction of sp³-hybridized carbons (Fsp3) is 0.650. The standard InChI is InChI=1S/C20H25F3N2O5/c1-19(2,3)30-18(27)25-13-5-11(6-14(25)10-29-9-13)16(26)15-7-12(20(21,22)23)8-24-17(15)28-4/h7-8,11,13-14H,5-6,9-10H2,1-4H3. The highest BCUT2D eigenvalue weighted by atomic mass is 19.4. The van der Waals surface area contributed by atoms with E-state index in [2.05, 4.69) is 4.98 Å². The van der Waals surface area contributed by atoms with Gasteiger partial charge in [0.05, 0.1) is 43.5 Å². The Hall–Kier alpha value is -2.36. The molecule has 3 rings (SSSR count). The van der Waals surface area contributed by atoms with Crippen LogP contribution in [0, 0.1) is 5.92 Å². The molecular formula is C20H25F3N2O5. The van der Waals surface area contributed by atoms with E-state index >= 15 is 0 Å². The second-order valence-corrected chi connectivity index (χ2v) is 8.54. The molecule has 166 valence electrons. The molecule has 30 heavy (non-hydrogen) atoms. The maximum Gasteiger partial charge on any atom is 0.417 e. The maximum absolute atomic E-state index is 13.1. The first kappa shape index (κ1) is 22.3. The summed E-state index contributed by atoms with van der Waals surface area (Å²) in [7, 11) is 1.25. The van der Waals surface area contributed by atoms with E-state index in [1.807, 2.05) is 0 Å². The maximum atomic E-state index is 13.1. The quantitative estimate of drug-likeness (QED) is 0.681. The average Bonchev–Trinajstić information content (AvgIpc) is 2.63. The number of rotatable bonds is 3. The lowest BCUT2D eigenvalue weighted by atomic mass is 9.81. The van der Waals surface area contributed by atoms with E-state index in [1.165, 1.54) is 7.11 Å². The van der Waals surface area contributed by atoms with Gasteiger partial charge >= 0.3 is 12.3 Å². The van der Waals surface area contributed by atoms with E-state index in [9.17, 15) is 22.8 Å². The van der Waals surface area contributed by atoms with Crippen molar-refractivity contribution in [1.82, 2.24) is 9.88 Å². The number of carbonyl (C=O) groups excluding carboxylic acids is 2. The predicted molar refractivity (Wildman–Crippen MR) is 99.3 cm³/mol. The summed E-state index contributed by atoms with van der Waals surface area (Å²) in [6.07, 6.45) is -3.95. The number of ketones is 1. The number of morpholine rings is 1. The van der Waals surface area contributed by atoms with E-state index in [0.29, 0.717) is 6.20 Å². The van der Waals surface area contributed by atoms with Crippen molar-refractivity contribution in [1.29, 1.82) is 0 Å². The number of ether oxygens (including phenoxy) is 3. The minimum Gasteiger partial charge on any atom is -0.480 e. The van der Waals surface area contributed by atoms with Crippen LogP contribution >= 0.6 is 0 Å². The predicted octanol–water partition coefficient (Wildman–Crippen LogP) is 3.71. The van der Waals surface area contributed by atoms with Crippen LogP contribution in [0.5, 0.6) is 5.88 Å². The molecule has 1 amide bonds. The summed E-state index contributed by atoms with van der Waals surface area (Å²) < 4.78 is 55.4. The summed E-state index contributed by atoms with van der Waals surface area (Å²) in [6.45, 7) is 5.76. The molecule has 2 unspecified atom stereocenters. The van der Waals surface area contributed by atoms with Crippen molar-refractivity contribution in [2.75, 3.05) is 20.3 Å². The van der Waals surface area contributed by atoms with E-state index < -0.39 is 47.2 Å². The van der Waals surface area contributed by atoms with Gasteiger partial charge in [-0.25, -0.2) is 9.78 Å². The van der Waals surface area contributed by atoms with Crippen molar-refractivity contribution >= 4 is 11.9 Å². The molecule has 2 atom stereocenters. The Morgan fingerprint density at radius 1 is 1.17 bits per heavy atom. The van der Waals surface area contributed by atoms with Gasteiger partial charge in [-0.3, -0.25) is 9.69 Å². The van der Waals surface area contributed by atoms with E-state index in [0.717, 1.165) is 6.07 Å². The number of piperidine rings is 1. The van der Waals surface area contributed by atoms with Crippen LogP contribution in [0.4, 0.5) is 18.0 Å². The van der Waals surface area contributed by atoms with Gasteiger partial charge in [0.1, 0.15) is 5.60 Å². The lowest BCUT2D eigenvalue weighted by Crippen LogP contribution is -2.60. The molecule has 1 aromatic heterocycles. The number of Topliss-reactive ketones (excluding diaryl/α,β-unsaturated/α-hetero) is 1. The van der Waals surface area contributed by atoms with Crippen LogP contribution in [0.2, 0.25) is 0 Å². The lowest BCUT2D eigenvalue weighted by Gasteiger charge is -2.47. The van der Waals surface area contributed by atoms with Gasteiger partial charge in [-0.2, -0.15) is 13.2 Å². The highest BCUT2D eigenvalue weighted by molar-refractivity contribution is 6.00. The summed E-state index contributed by atoms with van der Waals surface area (Å²) in [4.78, 5) is 31.0. The molecule has 0 aliphatic carbocycles. The minimum atomic E-state index is -4.63. The van der Waals surface area contributed by atoms with Gasteiger partial charge in [-0.05, 0) is 39.7 Å². The SMILES string of the molecule is COc1ncc(C(F)(F)F)cc1C(=O)C1CC2COCC(C1)N2C(=O)OC(C)(C)C. The number of carbonyl (C=O) groups is 2. The lowest BCUT2D eigenvalue weighted by molar-refractivity contribution is -0.137. The molecule has 2 aliphatic heterocycles. The highest BCUT2D eigenvalue weighted by Crippen LogP contribution is 2.37. The number of methoxy groups -OCH3 is 1. The first-order chi connectivity index (χ1) is 13.9. The van der Waals surface area contributed by atoms with Gasteiger partial charge < -0.3 is 14.2 Å². The fourth-order valence-corrected chi connectivity index (χ4v) is 3.91. The van der Waals surface area contributed by atoms with Gasteiger partial charge in [-0.15, -0.1) is 0 Å². The summed E-state index contributed by atoms with van der Waals surface area (Å²) in [5.41, 5.74) is -1.89. The van der Waals surface area contributed by atoms with E-state index in [-0.39, 0.29) is 37.5 Å². The van der Waals surface area contributed by atoms with Crippen LogP contribution in [-0.2, 0) is 15.7 Å². The Kier molecular flexibility index (Phi) is 5.99. The van der Waals surface area contributed by atoms with Crippen LogP contribution < -0.4 is 4.74 Å². The Morgan fingerprint density at radius 3 is 2.27 bits per heavy atom. The normalized spacial score (nSPS) is 24.4. The van der Waals surface area contributed by atoms with Crippen molar-refractivity contribution in [3.05, 3.63) is 23.4 Å². The largest absolute Gasteiger partial charge is 0.480 e. The van der Waals surface area contributed by atoms with Crippen molar-refractivity contribution in [2.24, 2.45) is 5.92 Å². The molecular weight excluding hydrogens is 405 g/mol. The van der Waals surface area contributed by atoms with Gasteiger partial charge in [-0.1, -0.05) is 0 Å². The second kappa shape index (κ2) is 8.05. The molecule has 2 saturated heterocycles. The molecule has 2 fully saturated rings. The number of pyridine rings is 1. The number of hydrogen-bond donors (Lipinski definition) is 0. The third-order valence-electron chi connectivity index (χ3n) is 5.13. The zero-order chi connectivity index (χ0) is 22.3. The van der Waals surface area contributed by atoms with Gasteiger partial charge in [0, 0.05) is 12.1 Å². The van der Waals surface area contributed by atoms with Crippen LogP contribution in [0.25, 0.3) is 0 Å². The van der Waals surface area contributed by atoms with Gasteiger partial charge in [0.2, 0.25) is 5.88 Å². The number of halogens is 3. The van der Waals surface area contributed by atoms with Gasteiger partial charge in [0.25, 0.3) is 0 Å². The van der Waals surface area contributed by atoms with Crippen LogP contribution in [0.15, 0.2) is 12.3 Å². The number of fused-ring (bicyclic) bond motifs is 2. The first-order valence-corrected chi connectivity index (χ1v) is 9.65. The highest BCUT2D eigenvalue weighted by Gasteiger charge is 2.46. The molecule has 3 heterocycles. The molecule has 0 saturated carbocycles. The Bertz CT molecular complexity index is 808. The number of amides is 1. The molecule has 0 N–H and O–H groups in total. The summed E-state index contributed by atoms with van der Waals surface area (Å²) in [5.74, 6) is -1.21. The van der Waals surface area contributed by atoms with Crippen LogP contribution in [0.1, 0.15) is 49.5 Å². The van der Waals surface area contributed by atoms with E-state index in [4.69, 9.17) is 14.2 Å². The molecule has 10 heteroatoms. The number of nitrogens with zero attached hydrogens (tertiary/aromatic N) is 2. The van der Waals surface area contributed by atoms with Crippen molar-refractivity contribution in [2.45, 2.75) is 57.5 Å². The zero-order valence-electron chi connectivity index (χ0n) is 17.3. The molecule has 0 aromatic carbocycles. The van der Waals surface area contributed by atoms with Crippen LogP contribution in [-0.4, -0.2) is 59.8 Å². The Labute approximate surface area is 172 Å². The third kappa shape index (κ3) is 4.69. The molecule has 2 bridgehead atoms. The Balaban J connectivity index is 1.84. The molecule has 1 aromatic rings. The topological polar surface area (TPSA) is 78.0 Å². The first-order valence-electron chi connectivity index (χ1n) is 9.65. The molecule has 0 spiro atoms. The van der Waals surface area contributed by atoms with E-state index in [1.54, 1.807) is 25.7 Å². The van der Waals surface area contributed by atoms with Crippen molar-refractivity contribution in [3.63, 3.8) is 0 Å². The third-order valence-corrected chi connectivity index (χ3v) is 5.13. The summed E-state index contributed by atoms with van der Waals surface area (Å²) in [5, 5.41) is 0. The summed E-state index contributed by atoms with van der Waals surface area (Å²) in [6, 6.07) is -0.0159.